The number of nitrogens with zero attached hydrogens (tertiary/aromatic N) is 4. The molecule has 4 aromatic rings. The number of aliphatic hydroxyl groups excluding tert-OH is 1. The van der Waals surface area contributed by atoms with E-state index in [1.807, 2.05) is 28.5 Å². The number of hydrogen-bond donors (Lipinski definition) is 2. The quantitative estimate of drug-likeness (QED) is 0.440. The van der Waals surface area contributed by atoms with Gasteiger partial charge in [0.05, 0.1) is 31.3 Å². The van der Waals surface area contributed by atoms with E-state index in [1.165, 1.54) is 10.4 Å². The number of benzene rings is 1. The molecule has 30 heavy (non-hydrogen) atoms. The Morgan fingerprint density at radius 3 is 2.87 bits per heavy atom. The Balaban J connectivity index is 1.41. The van der Waals surface area contributed by atoms with Gasteiger partial charge in [0.2, 0.25) is 5.88 Å². The summed E-state index contributed by atoms with van der Waals surface area (Å²) < 4.78 is 7.95. The number of rotatable bonds is 7. The smallest absolute Gasteiger partial charge is 0.225 e. The molecule has 0 radical (unpaired) electrons. The predicted octanol–water partition coefficient (Wildman–Crippen LogP) is 3.18. The van der Waals surface area contributed by atoms with Gasteiger partial charge in [0.25, 0.3) is 0 Å². The van der Waals surface area contributed by atoms with Crippen LogP contribution < -0.4 is 10.2 Å². The van der Waals surface area contributed by atoms with E-state index in [9.17, 15) is 10.3 Å². The Hall–Kier alpha value is -3.01. The van der Waals surface area contributed by atoms with E-state index in [0.29, 0.717) is 24.7 Å². The van der Waals surface area contributed by atoms with Crippen LogP contribution in [-0.2, 0) is 25.8 Å². The van der Waals surface area contributed by atoms with Crippen LogP contribution in [0.4, 0.5) is 5.69 Å². The second-order valence-corrected chi connectivity index (χ2v) is 8.12. The van der Waals surface area contributed by atoms with Crippen LogP contribution in [0.15, 0.2) is 36.8 Å². The number of nitrogens with one attached hydrogen (secondary N) is 1. The third kappa shape index (κ3) is 3.30. The highest BCUT2D eigenvalue weighted by molar-refractivity contribution is 7.22. The number of aromatic nitrogens is 4. The highest BCUT2D eigenvalue weighted by Crippen LogP contribution is 2.45. The number of aliphatic hydroxyl groups is 1. The predicted molar refractivity (Wildman–Crippen MR) is 116 cm³/mol. The van der Waals surface area contributed by atoms with Gasteiger partial charge in [-0.3, -0.25) is 4.68 Å². The minimum absolute atomic E-state index is 0.0764. The average Bonchev–Trinajstić information content (AvgIpc) is 3.36. The zero-order valence-electron chi connectivity index (χ0n) is 16.2. The van der Waals surface area contributed by atoms with E-state index >= 15 is 0 Å². The van der Waals surface area contributed by atoms with Crippen molar-refractivity contribution in [1.29, 1.82) is 0 Å². The molecule has 5 rings (SSSR count). The SMILES string of the molecule is [O-]Nc1ccc(CCOc2ncnc3sc4c(c23)CCc2c-4cnn2CCO)cc1. The molecule has 1 aromatic carbocycles. The van der Waals surface area contributed by atoms with E-state index in [4.69, 9.17) is 4.74 Å². The van der Waals surface area contributed by atoms with Crippen molar-refractivity contribution in [1.82, 2.24) is 19.7 Å². The maximum Gasteiger partial charge on any atom is 0.225 e. The van der Waals surface area contributed by atoms with Gasteiger partial charge in [-0.1, -0.05) is 12.1 Å². The standard InChI is InChI=1S/C21H20N5O3S/c27-9-8-26-17-6-5-15-18-20(29-10-7-13-1-3-14(25-28)4-2-13)22-12-23-21(18)30-19(15)16(17)11-24-26/h1-4,11-12,25,27H,5-10H2/q-1. The molecule has 3 heterocycles. The van der Waals surface area contributed by atoms with Crippen molar-refractivity contribution >= 4 is 27.2 Å². The van der Waals surface area contributed by atoms with Crippen molar-refractivity contribution < 1.29 is 9.84 Å². The molecule has 3 aromatic heterocycles. The van der Waals surface area contributed by atoms with Crippen molar-refractivity contribution in [2.75, 3.05) is 18.7 Å². The summed E-state index contributed by atoms with van der Waals surface area (Å²) >= 11 is 1.64. The van der Waals surface area contributed by atoms with Gasteiger partial charge in [0, 0.05) is 28.2 Å². The van der Waals surface area contributed by atoms with Crippen molar-refractivity contribution in [3.8, 4) is 16.3 Å². The molecule has 0 spiro atoms. The van der Waals surface area contributed by atoms with Gasteiger partial charge in [0.1, 0.15) is 11.2 Å². The van der Waals surface area contributed by atoms with E-state index in [2.05, 4.69) is 15.1 Å². The summed E-state index contributed by atoms with van der Waals surface area (Å²) in [6.45, 7) is 1.07. The Morgan fingerprint density at radius 2 is 2.07 bits per heavy atom. The molecule has 0 fully saturated rings. The molecule has 0 atom stereocenters. The molecule has 0 unspecified atom stereocenters. The maximum absolute atomic E-state index is 10.7. The fourth-order valence-corrected chi connectivity index (χ4v) is 5.14. The van der Waals surface area contributed by atoms with Gasteiger partial charge >= 0.3 is 0 Å². The zero-order chi connectivity index (χ0) is 20.5. The lowest BCUT2D eigenvalue weighted by atomic mass is 9.95. The summed E-state index contributed by atoms with van der Waals surface area (Å²) in [6, 6.07) is 7.35. The van der Waals surface area contributed by atoms with Gasteiger partial charge in [-0.15, -0.1) is 11.3 Å². The first kappa shape index (κ1) is 19.0. The van der Waals surface area contributed by atoms with E-state index < -0.39 is 0 Å². The molecule has 0 bridgehead atoms. The van der Waals surface area contributed by atoms with Crippen LogP contribution >= 0.6 is 11.3 Å². The number of anilines is 1. The summed E-state index contributed by atoms with van der Waals surface area (Å²) in [5, 5.41) is 25.4. The van der Waals surface area contributed by atoms with Crippen LogP contribution in [0.5, 0.6) is 5.88 Å². The fourth-order valence-electron chi connectivity index (χ4n) is 3.93. The molecule has 0 saturated carbocycles. The summed E-state index contributed by atoms with van der Waals surface area (Å²) in [5.74, 6) is 0.613. The largest absolute Gasteiger partial charge is 0.761 e. The first-order valence-corrected chi connectivity index (χ1v) is 10.6. The van der Waals surface area contributed by atoms with Gasteiger partial charge in [0.15, 0.2) is 0 Å². The highest BCUT2D eigenvalue weighted by atomic mass is 32.1. The summed E-state index contributed by atoms with van der Waals surface area (Å²) in [4.78, 5) is 11.0. The summed E-state index contributed by atoms with van der Waals surface area (Å²) in [5.41, 5.74) is 7.01. The fraction of sp³-hybridized carbons (Fsp3) is 0.286. The van der Waals surface area contributed by atoms with Crippen LogP contribution in [0.2, 0.25) is 0 Å². The topological polar surface area (TPSA) is 108 Å². The van der Waals surface area contributed by atoms with Crippen molar-refractivity contribution in [2.45, 2.75) is 25.8 Å². The molecule has 0 aliphatic heterocycles. The molecule has 1 aliphatic carbocycles. The molecule has 8 nitrogen and oxygen atoms in total. The van der Waals surface area contributed by atoms with E-state index in [0.717, 1.165) is 46.3 Å². The monoisotopic (exact) mass is 422 g/mol. The van der Waals surface area contributed by atoms with Gasteiger partial charge in [-0.25, -0.2) is 9.97 Å². The van der Waals surface area contributed by atoms with Gasteiger partial charge in [-0.2, -0.15) is 5.10 Å². The molecule has 154 valence electrons. The lowest BCUT2D eigenvalue weighted by molar-refractivity contribution is 0.267. The Morgan fingerprint density at radius 1 is 1.20 bits per heavy atom. The second-order valence-electron chi connectivity index (χ2n) is 7.12. The second kappa shape index (κ2) is 8.02. The van der Waals surface area contributed by atoms with Crippen molar-refractivity contribution in [2.24, 2.45) is 0 Å². The lowest BCUT2D eigenvalue weighted by Gasteiger charge is -2.15. The number of aryl methyl sites for hydroxylation is 1. The van der Waals surface area contributed by atoms with Crippen LogP contribution in [0.25, 0.3) is 20.7 Å². The molecular weight excluding hydrogens is 402 g/mol. The highest BCUT2D eigenvalue weighted by Gasteiger charge is 2.27. The number of ether oxygens (including phenoxy) is 1. The Kier molecular flexibility index (Phi) is 5.07. The Labute approximate surface area is 176 Å². The minimum Gasteiger partial charge on any atom is -0.761 e. The lowest BCUT2D eigenvalue weighted by Crippen LogP contribution is -2.11. The molecule has 0 saturated heterocycles. The molecule has 2 N–H and O–H groups in total. The number of thiophene rings is 1. The molecule has 1 aliphatic rings. The molecular formula is C21H20N5O3S-. The summed E-state index contributed by atoms with van der Waals surface area (Å²) in [7, 11) is 0. The van der Waals surface area contributed by atoms with Gasteiger partial charge < -0.3 is 20.5 Å². The molecule has 0 amide bonds. The zero-order valence-corrected chi connectivity index (χ0v) is 17.0. The first-order valence-electron chi connectivity index (χ1n) is 9.80. The van der Waals surface area contributed by atoms with Crippen LogP contribution in [0, 0.1) is 5.21 Å². The van der Waals surface area contributed by atoms with E-state index in [1.54, 1.807) is 29.8 Å². The average molecular weight is 422 g/mol. The maximum atomic E-state index is 10.7. The van der Waals surface area contributed by atoms with Crippen molar-refractivity contribution in [3.63, 3.8) is 0 Å². The van der Waals surface area contributed by atoms with Gasteiger partial charge in [-0.05, 0) is 36.1 Å². The van der Waals surface area contributed by atoms with Crippen LogP contribution in [0.1, 0.15) is 16.8 Å². The number of hydrogen-bond acceptors (Lipinski definition) is 8. The van der Waals surface area contributed by atoms with E-state index in [-0.39, 0.29) is 6.61 Å². The third-order valence-electron chi connectivity index (χ3n) is 5.37. The molecule has 9 heteroatoms. The Bertz CT molecular complexity index is 1190. The van der Waals surface area contributed by atoms with Crippen molar-refractivity contribution in [3.05, 3.63) is 58.8 Å². The third-order valence-corrected chi connectivity index (χ3v) is 6.54. The minimum atomic E-state index is 0.0764. The van der Waals surface area contributed by atoms with Crippen LogP contribution in [-0.4, -0.2) is 38.1 Å². The summed E-state index contributed by atoms with van der Waals surface area (Å²) in [6.07, 6.45) is 5.88. The first-order chi connectivity index (χ1) is 14.8. The normalized spacial score (nSPS) is 12.6. The number of fused-ring (bicyclic) bond motifs is 5. The van der Waals surface area contributed by atoms with Crippen LogP contribution in [0.3, 0.4) is 0 Å².